The molecule has 0 bridgehead atoms. The van der Waals surface area contributed by atoms with Crippen LogP contribution >= 0.6 is 0 Å². The Morgan fingerprint density at radius 1 is 0.679 bits per heavy atom. The number of nitrogens with one attached hydrogen (secondary N) is 3. The molecule has 0 heterocycles. The quantitative estimate of drug-likeness (QED) is 0.244. The van der Waals surface area contributed by atoms with Gasteiger partial charge >= 0.3 is 0 Å². The van der Waals surface area contributed by atoms with Crippen molar-refractivity contribution in [2.75, 3.05) is 79.5 Å². The summed E-state index contributed by atoms with van der Waals surface area (Å²) in [4.78, 5) is 22.8. The van der Waals surface area contributed by atoms with E-state index in [2.05, 4.69) is 29.8 Å². The van der Waals surface area contributed by atoms with Crippen molar-refractivity contribution in [3.8, 4) is 0 Å². The van der Waals surface area contributed by atoms with Crippen molar-refractivity contribution < 1.29 is 28.5 Å². The molecule has 0 fully saturated rings. The molecule has 0 aromatic heterocycles. The van der Waals surface area contributed by atoms with Crippen LogP contribution in [0, 0.1) is 5.92 Å². The summed E-state index contributed by atoms with van der Waals surface area (Å²) in [5, 5.41) is 8.54. The van der Waals surface area contributed by atoms with Crippen molar-refractivity contribution in [3.05, 3.63) is 0 Å². The smallest absolute Gasteiger partial charge is 0.222 e. The Bertz CT molecular complexity index is 383. The van der Waals surface area contributed by atoms with Gasteiger partial charge in [-0.05, 0) is 13.0 Å². The van der Waals surface area contributed by atoms with Gasteiger partial charge in [0.2, 0.25) is 11.8 Å². The first-order valence-corrected chi connectivity index (χ1v) is 10.0. The van der Waals surface area contributed by atoms with E-state index in [1.165, 1.54) is 0 Å². The molecule has 28 heavy (non-hydrogen) atoms. The second-order valence-corrected chi connectivity index (χ2v) is 6.60. The molecule has 0 aliphatic heterocycles. The monoisotopic (exact) mass is 405 g/mol. The Kier molecular flexibility index (Phi) is 19.6. The lowest BCUT2D eigenvalue weighted by atomic mass is 10.2. The molecular weight excluding hydrogens is 366 g/mol. The van der Waals surface area contributed by atoms with Crippen molar-refractivity contribution in [2.45, 2.75) is 26.7 Å². The first-order valence-electron chi connectivity index (χ1n) is 10.0. The largest absolute Gasteiger partial charge is 0.379 e. The van der Waals surface area contributed by atoms with E-state index in [0.717, 1.165) is 0 Å². The van der Waals surface area contributed by atoms with E-state index < -0.39 is 0 Å². The Labute approximate surface area is 169 Å². The Balaban J connectivity index is 3.16. The molecule has 0 atom stereocenters. The molecule has 0 aromatic carbocycles. The predicted molar refractivity (Wildman–Crippen MR) is 107 cm³/mol. The Hall–Kier alpha value is -1.26. The molecule has 3 N–H and O–H groups in total. The van der Waals surface area contributed by atoms with Gasteiger partial charge in [0.05, 0.1) is 52.9 Å². The van der Waals surface area contributed by atoms with Gasteiger partial charge in [-0.2, -0.15) is 0 Å². The summed E-state index contributed by atoms with van der Waals surface area (Å²) in [6.45, 7) is 9.72. The van der Waals surface area contributed by atoms with E-state index >= 15 is 0 Å². The Morgan fingerprint density at radius 3 is 1.71 bits per heavy atom. The molecule has 2 amide bonds. The number of hydrogen-bond acceptors (Lipinski definition) is 7. The number of rotatable bonds is 20. The number of amides is 2. The second-order valence-electron chi connectivity index (χ2n) is 6.60. The van der Waals surface area contributed by atoms with E-state index in [0.29, 0.717) is 91.2 Å². The third kappa shape index (κ3) is 21.0. The van der Waals surface area contributed by atoms with Gasteiger partial charge in [-0.25, -0.2) is 0 Å². The van der Waals surface area contributed by atoms with E-state index in [1.54, 1.807) is 0 Å². The number of carbonyl (C=O) groups is 2. The fourth-order valence-corrected chi connectivity index (χ4v) is 1.92. The van der Waals surface area contributed by atoms with Crippen LogP contribution < -0.4 is 16.0 Å². The van der Waals surface area contributed by atoms with Crippen molar-refractivity contribution in [2.24, 2.45) is 5.92 Å². The fourth-order valence-electron chi connectivity index (χ4n) is 1.92. The minimum absolute atomic E-state index is 0.0152. The zero-order chi connectivity index (χ0) is 20.9. The number of hydrogen-bond donors (Lipinski definition) is 3. The van der Waals surface area contributed by atoms with Crippen molar-refractivity contribution >= 4 is 11.8 Å². The normalized spacial score (nSPS) is 11.0. The summed E-state index contributed by atoms with van der Waals surface area (Å²) < 4.78 is 21.5. The first kappa shape index (κ1) is 26.7. The zero-order valence-corrected chi connectivity index (χ0v) is 17.7. The molecule has 0 spiro atoms. The van der Waals surface area contributed by atoms with Crippen molar-refractivity contribution in [3.63, 3.8) is 0 Å². The van der Waals surface area contributed by atoms with E-state index in [4.69, 9.17) is 18.9 Å². The highest BCUT2D eigenvalue weighted by atomic mass is 16.6. The summed E-state index contributed by atoms with van der Waals surface area (Å²) in [5.74, 6) is 0.485. The average molecular weight is 406 g/mol. The number of ether oxygens (including phenoxy) is 4. The molecule has 0 saturated carbocycles. The van der Waals surface area contributed by atoms with Crippen LogP contribution in [-0.4, -0.2) is 91.4 Å². The van der Waals surface area contributed by atoms with E-state index in [9.17, 15) is 9.59 Å². The highest BCUT2D eigenvalue weighted by Crippen LogP contribution is 1.90. The molecular formula is C19H39N3O6. The minimum Gasteiger partial charge on any atom is -0.379 e. The van der Waals surface area contributed by atoms with Crippen LogP contribution in [0.25, 0.3) is 0 Å². The van der Waals surface area contributed by atoms with Gasteiger partial charge in [-0.3, -0.25) is 9.59 Å². The molecule has 9 nitrogen and oxygen atoms in total. The maximum absolute atomic E-state index is 11.5. The van der Waals surface area contributed by atoms with Crippen LogP contribution in [0.3, 0.4) is 0 Å². The third-order valence-electron chi connectivity index (χ3n) is 3.47. The zero-order valence-electron chi connectivity index (χ0n) is 17.7. The molecule has 9 heteroatoms. The lowest BCUT2D eigenvalue weighted by Crippen LogP contribution is -2.29. The van der Waals surface area contributed by atoms with Crippen LogP contribution in [-0.2, 0) is 28.5 Å². The highest BCUT2D eigenvalue weighted by molar-refractivity contribution is 5.76. The molecule has 0 saturated heterocycles. The maximum atomic E-state index is 11.5. The van der Waals surface area contributed by atoms with E-state index in [-0.39, 0.29) is 11.8 Å². The molecule has 0 unspecified atom stereocenters. The van der Waals surface area contributed by atoms with Gasteiger partial charge in [0, 0.05) is 32.5 Å². The van der Waals surface area contributed by atoms with Gasteiger partial charge in [0.25, 0.3) is 0 Å². The van der Waals surface area contributed by atoms with Crippen LogP contribution in [0.4, 0.5) is 0 Å². The second kappa shape index (κ2) is 20.5. The summed E-state index contributed by atoms with van der Waals surface area (Å²) in [6, 6.07) is 0. The van der Waals surface area contributed by atoms with Gasteiger partial charge < -0.3 is 34.9 Å². The molecule has 0 aliphatic rings. The lowest BCUT2D eigenvalue weighted by molar-refractivity contribution is -0.122. The van der Waals surface area contributed by atoms with Gasteiger partial charge in [0.1, 0.15) is 0 Å². The minimum atomic E-state index is 0.0152. The predicted octanol–water partition coefficient (Wildman–Crippen LogP) is -0.0592. The molecule has 0 aromatic rings. The standard InChI is InChI=1S/C19H39N3O6/c1-17(2)16-22-19(24)5-8-25-10-12-27-14-15-28-13-11-26-9-7-21-18(23)4-6-20-3/h17,20H,4-16H2,1-3H3,(H,21,23)(H,22,24). The van der Waals surface area contributed by atoms with Crippen LogP contribution in [0.2, 0.25) is 0 Å². The Morgan fingerprint density at radius 2 is 1.18 bits per heavy atom. The molecule has 166 valence electrons. The summed E-state index contributed by atoms with van der Waals surface area (Å²) in [5.41, 5.74) is 0. The molecule has 0 aliphatic carbocycles. The van der Waals surface area contributed by atoms with Crippen molar-refractivity contribution in [1.29, 1.82) is 0 Å². The summed E-state index contributed by atoms with van der Waals surface area (Å²) in [6.07, 6.45) is 0.841. The fraction of sp³-hybridized carbons (Fsp3) is 0.895. The van der Waals surface area contributed by atoms with Crippen LogP contribution in [0.15, 0.2) is 0 Å². The third-order valence-corrected chi connectivity index (χ3v) is 3.47. The van der Waals surface area contributed by atoms with Gasteiger partial charge in [0.15, 0.2) is 0 Å². The number of carbonyl (C=O) groups excluding carboxylic acids is 2. The van der Waals surface area contributed by atoms with E-state index in [1.807, 2.05) is 7.05 Å². The summed E-state index contributed by atoms with van der Waals surface area (Å²) >= 11 is 0. The van der Waals surface area contributed by atoms with Crippen molar-refractivity contribution in [1.82, 2.24) is 16.0 Å². The summed E-state index contributed by atoms with van der Waals surface area (Å²) in [7, 11) is 1.81. The first-order chi connectivity index (χ1) is 13.6. The highest BCUT2D eigenvalue weighted by Gasteiger charge is 2.02. The van der Waals surface area contributed by atoms with Crippen LogP contribution in [0.1, 0.15) is 26.7 Å². The average Bonchev–Trinajstić information content (AvgIpc) is 2.67. The molecule has 0 rings (SSSR count). The maximum Gasteiger partial charge on any atom is 0.222 e. The lowest BCUT2D eigenvalue weighted by Gasteiger charge is -2.09. The van der Waals surface area contributed by atoms with Crippen LogP contribution in [0.5, 0.6) is 0 Å². The topological polar surface area (TPSA) is 107 Å². The van der Waals surface area contributed by atoms with Gasteiger partial charge in [-0.1, -0.05) is 13.8 Å². The van der Waals surface area contributed by atoms with Gasteiger partial charge in [-0.15, -0.1) is 0 Å². The SMILES string of the molecule is CNCCC(=O)NCCOCCOCCOCCOCCC(=O)NCC(C)C. The molecule has 0 radical (unpaired) electrons.